The maximum absolute atomic E-state index is 3.25. The van der Waals surface area contributed by atoms with Crippen molar-refractivity contribution in [2.75, 3.05) is 0 Å². The molecule has 0 nitrogen and oxygen atoms in total. The van der Waals surface area contributed by atoms with Crippen LogP contribution in [0.4, 0.5) is 0 Å². The van der Waals surface area contributed by atoms with Crippen LogP contribution in [0, 0.1) is 13.0 Å². The minimum atomic E-state index is 0. The molecule has 0 aromatic rings. The van der Waals surface area contributed by atoms with Crippen LogP contribution in [0.2, 0.25) is 0 Å². The van der Waals surface area contributed by atoms with E-state index in [4.69, 9.17) is 0 Å². The first-order valence-electron chi connectivity index (χ1n) is 2.84. The third-order valence-electron chi connectivity index (χ3n) is 0.867. The molecule has 62 valence electrons. The summed E-state index contributed by atoms with van der Waals surface area (Å²) >= 11 is 0. The molecule has 0 aliphatic heterocycles. The van der Waals surface area contributed by atoms with Gasteiger partial charge in [-0.1, -0.05) is 6.92 Å². The second kappa shape index (κ2) is 17.1. The van der Waals surface area contributed by atoms with Crippen LogP contribution < -0.4 is 24.8 Å². The first-order chi connectivity index (χ1) is 3.89. The van der Waals surface area contributed by atoms with E-state index in [1.165, 1.54) is 5.57 Å². The fourth-order valence-electron chi connectivity index (χ4n) is 0.515. The third kappa shape index (κ3) is 13.9. The Bertz CT molecular complexity index is 106. The fourth-order valence-corrected chi connectivity index (χ4v) is 0.515. The summed E-state index contributed by atoms with van der Waals surface area (Å²) in [5.41, 5.74) is 1.27. The minimum absolute atomic E-state index is 0. The summed E-state index contributed by atoms with van der Waals surface area (Å²) in [6, 6.07) is 0. The average molecular weight is 358 g/mol. The van der Waals surface area contributed by atoms with Crippen LogP contribution in [0.15, 0.2) is 17.7 Å². The Hall–Kier alpha value is 0.930. The van der Waals surface area contributed by atoms with Gasteiger partial charge in [0.15, 0.2) is 0 Å². The van der Waals surface area contributed by atoms with Crippen LogP contribution in [0.1, 0.15) is 20.3 Å². The van der Waals surface area contributed by atoms with Crippen LogP contribution >= 0.6 is 0 Å². The molecule has 0 fully saturated rings. The summed E-state index contributed by atoms with van der Waals surface area (Å²) in [4.78, 5) is 0. The van der Waals surface area contributed by atoms with Gasteiger partial charge in [-0.15, -0.1) is 6.42 Å². The van der Waals surface area contributed by atoms with E-state index < -0.39 is 0 Å². The molecule has 0 atom stereocenters. The van der Waals surface area contributed by atoms with Crippen molar-refractivity contribution in [1.29, 1.82) is 0 Å². The second-order valence-electron chi connectivity index (χ2n) is 1.47. The monoisotopic (exact) mass is 358 g/mol. The van der Waals surface area contributed by atoms with Gasteiger partial charge in [-0.05, 0) is 0 Å². The smallest absolute Gasteiger partial charge is 1.00 e. The molecular formula is C8H12Cl2Hf. The number of hydrogen-bond donors (Lipinski definition) is 0. The van der Waals surface area contributed by atoms with E-state index in [-0.39, 0.29) is 50.7 Å². The van der Waals surface area contributed by atoms with E-state index in [2.05, 4.69) is 32.1 Å². The molecule has 1 aliphatic carbocycles. The molecule has 11 heavy (non-hydrogen) atoms. The van der Waals surface area contributed by atoms with E-state index in [0.29, 0.717) is 0 Å². The maximum atomic E-state index is 3.25. The predicted octanol–water partition coefficient (Wildman–Crippen LogP) is -3.46. The topological polar surface area (TPSA) is 0 Å². The summed E-state index contributed by atoms with van der Waals surface area (Å²) in [6.45, 7) is 7.06. The standard InChI is InChI=1S/C6H7.C2H5.2ClH.Hf/c1-6-4-2-3-5-6;1-2;;;/h2,4H,3H2,1H3;1H2,2H3;2*1H;/q2*-1;;;+4/p-2. The number of rotatable bonds is 0. The van der Waals surface area contributed by atoms with E-state index in [9.17, 15) is 0 Å². The van der Waals surface area contributed by atoms with Crippen molar-refractivity contribution in [3.05, 3.63) is 30.7 Å². The molecule has 0 aromatic carbocycles. The van der Waals surface area contributed by atoms with Crippen molar-refractivity contribution in [2.45, 2.75) is 20.3 Å². The fraction of sp³-hybridized carbons (Fsp3) is 0.375. The predicted molar refractivity (Wildman–Crippen MR) is 37.2 cm³/mol. The number of allylic oxidation sites excluding steroid dienone is 4. The van der Waals surface area contributed by atoms with E-state index in [1.807, 2.05) is 0 Å². The van der Waals surface area contributed by atoms with Crippen LogP contribution in [-0.4, -0.2) is 0 Å². The normalized spacial score (nSPS) is 10.6. The van der Waals surface area contributed by atoms with Crippen molar-refractivity contribution in [2.24, 2.45) is 0 Å². The van der Waals surface area contributed by atoms with Gasteiger partial charge < -0.3 is 31.7 Å². The van der Waals surface area contributed by atoms with Crippen molar-refractivity contribution in [3.63, 3.8) is 0 Å². The van der Waals surface area contributed by atoms with Gasteiger partial charge in [-0.25, -0.2) is 11.6 Å². The van der Waals surface area contributed by atoms with Crippen LogP contribution in [0.5, 0.6) is 0 Å². The first-order valence-corrected chi connectivity index (χ1v) is 2.84. The van der Waals surface area contributed by atoms with Gasteiger partial charge in [0.25, 0.3) is 0 Å². The van der Waals surface area contributed by atoms with Gasteiger partial charge in [0, 0.05) is 0 Å². The third-order valence-corrected chi connectivity index (χ3v) is 0.867. The second-order valence-corrected chi connectivity index (χ2v) is 1.47. The quantitative estimate of drug-likeness (QED) is 0.312. The van der Waals surface area contributed by atoms with Gasteiger partial charge in [0.1, 0.15) is 0 Å². The molecule has 0 amide bonds. The van der Waals surface area contributed by atoms with Crippen molar-refractivity contribution in [3.8, 4) is 0 Å². The maximum Gasteiger partial charge on any atom is 4.00 e. The Morgan fingerprint density at radius 3 is 1.91 bits per heavy atom. The molecule has 1 rings (SSSR count). The summed E-state index contributed by atoms with van der Waals surface area (Å²) in [7, 11) is 0. The van der Waals surface area contributed by atoms with E-state index in [1.54, 1.807) is 6.92 Å². The van der Waals surface area contributed by atoms with Gasteiger partial charge in [-0.2, -0.15) is 13.0 Å². The molecule has 3 heteroatoms. The van der Waals surface area contributed by atoms with Crippen LogP contribution in [0.25, 0.3) is 0 Å². The van der Waals surface area contributed by atoms with Crippen LogP contribution in [-0.2, 0) is 25.8 Å². The van der Waals surface area contributed by atoms with E-state index >= 15 is 0 Å². The SMILES string of the molecule is CC1=[C-]CC=C1.[CH2-]C.[Cl-].[Cl-].[Hf+4]. The first kappa shape index (κ1) is 22.7. The zero-order chi connectivity index (χ0) is 6.41. The molecule has 0 spiro atoms. The molecule has 0 unspecified atom stereocenters. The molecule has 0 heterocycles. The van der Waals surface area contributed by atoms with Crippen molar-refractivity contribution in [1.82, 2.24) is 0 Å². The summed E-state index contributed by atoms with van der Waals surface area (Å²) < 4.78 is 0. The Morgan fingerprint density at radius 1 is 1.36 bits per heavy atom. The number of hydrogen-bond acceptors (Lipinski definition) is 0. The molecule has 0 aromatic heterocycles. The van der Waals surface area contributed by atoms with Gasteiger partial charge in [0.2, 0.25) is 0 Å². The van der Waals surface area contributed by atoms with E-state index in [0.717, 1.165) is 6.42 Å². The van der Waals surface area contributed by atoms with Gasteiger partial charge in [0.05, 0.1) is 0 Å². The van der Waals surface area contributed by atoms with Crippen LogP contribution in [0.3, 0.4) is 0 Å². The van der Waals surface area contributed by atoms with Crippen molar-refractivity contribution >= 4 is 0 Å². The Morgan fingerprint density at radius 2 is 1.82 bits per heavy atom. The zero-order valence-corrected chi connectivity index (χ0v) is 11.9. The Kier molecular flexibility index (Phi) is 35.3. The molecule has 0 saturated heterocycles. The van der Waals surface area contributed by atoms with Gasteiger partial charge in [-0.3, -0.25) is 6.08 Å². The summed E-state index contributed by atoms with van der Waals surface area (Å²) in [5.74, 6) is 0. The zero-order valence-electron chi connectivity index (χ0n) is 6.82. The number of halogens is 2. The summed E-state index contributed by atoms with van der Waals surface area (Å²) in [6.07, 6.45) is 8.33. The average Bonchev–Trinajstić information content (AvgIpc) is 2.24. The Balaban J connectivity index is -0.0000000459. The summed E-state index contributed by atoms with van der Waals surface area (Å²) in [5, 5.41) is 0. The van der Waals surface area contributed by atoms with Gasteiger partial charge >= 0.3 is 25.8 Å². The molecule has 1 aliphatic rings. The minimum Gasteiger partial charge on any atom is -1.00 e. The molecule has 0 bridgehead atoms. The molecular weight excluding hydrogens is 345 g/mol. The van der Waals surface area contributed by atoms with Crippen molar-refractivity contribution < 1.29 is 50.7 Å². The Labute approximate surface area is 101 Å². The molecule has 0 N–H and O–H groups in total. The largest absolute Gasteiger partial charge is 4.00 e. The molecule has 0 radical (unpaired) electrons. The molecule has 0 saturated carbocycles.